The zero-order chi connectivity index (χ0) is 23.3. The quantitative estimate of drug-likeness (QED) is 0.574. The van der Waals surface area contributed by atoms with Crippen LogP contribution >= 0.6 is 11.6 Å². The summed E-state index contributed by atoms with van der Waals surface area (Å²) in [5.41, 5.74) is 2.64. The van der Waals surface area contributed by atoms with Gasteiger partial charge in [0.25, 0.3) is 0 Å². The number of urea groups is 1. The van der Waals surface area contributed by atoms with Crippen molar-refractivity contribution in [2.24, 2.45) is 5.92 Å². The van der Waals surface area contributed by atoms with E-state index < -0.39 is 0 Å². The highest BCUT2D eigenvalue weighted by Crippen LogP contribution is 2.47. The van der Waals surface area contributed by atoms with E-state index in [4.69, 9.17) is 16.6 Å². The van der Waals surface area contributed by atoms with Crippen LogP contribution in [0.3, 0.4) is 0 Å². The third-order valence-electron chi connectivity index (χ3n) is 6.61. The predicted molar refractivity (Wildman–Crippen MR) is 129 cm³/mol. The van der Waals surface area contributed by atoms with Crippen molar-refractivity contribution in [2.45, 2.75) is 45.2 Å². The molecule has 3 aromatic rings. The van der Waals surface area contributed by atoms with Gasteiger partial charge in [0.15, 0.2) is 0 Å². The van der Waals surface area contributed by atoms with Crippen LogP contribution in [0.5, 0.6) is 0 Å². The molecule has 2 aromatic heterocycles. The fraction of sp³-hybridized carbons (Fsp3) is 0.417. The molecule has 2 amide bonds. The largest absolute Gasteiger partial charge is 0.343 e. The monoisotopic (exact) mass is 465 g/mol. The fourth-order valence-corrected chi connectivity index (χ4v) is 4.50. The van der Waals surface area contributed by atoms with Crippen molar-refractivity contribution in [3.63, 3.8) is 0 Å². The Labute approximate surface area is 198 Å². The molecule has 9 heteroatoms. The van der Waals surface area contributed by atoms with Crippen molar-refractivity contribution in [1.82, 2.24) is 24.4 Å². The van der Waals surface area contributed by atoms with Gasteiger partial charge in [-0.15, -0.1) is 0 Å². The zero-order valence-corrected chi connectivity index (χ0v) is 20.0. The number of nitrogens with zero attached hydrogens (tertiary/aromatic N) is 6. The average Bonchev–Trinajstić information content (AvgIpc) is 3.25. The number of halogens is 1. The van der Waals surface area contributed by atoms with Crippen LogP contribution in [-0.4, -0.2) is 50.1 Å². The summed E-state index contributed by atoms with van der Waals surface area (Å²) in [5, 5.41) is 4.22. The third kappa shape index (κ3) is 3.93. The topological polar surface area (TPSA) is 79.2 Å². The summed E-state index contributed by atoms with van der Waals surface area (Å²) in [6.07, 6.45) is 7.41. The molecule has 3 heterocycles. The molecular weight excluding hydrogens is 438 g/mol. The van der Waals surface area contributed by atoms with Crippen molar-refractivity contribution in [2.75, 3.05) is 23.8 Å². The van der Waals surface area contributed by atoms with Gasteiger partial charge in [-0.3, -0.25) is 4.90 Å². The SMILES string of the molecule is Cc1ccc(-n2cnc(C3(Nc4nccc(N5C(=O)N(C)C[C@@H]5C(C)C)n4)CC3)c2)cc1Cl. The molecule has 0 unspecified atom stereocenters. The van der Waals surface area contributed by atoms with Crippen LogP contribution in [0.1, 0.15) is 37.9 Å². The summed E-state index contributed by atoms with van der Waals surface area (Å²) in [4.78, 5) is 30.1. The highest BCUT2D eigenvalue weighted by molar-refractivity contribution is 6.31. The minimum absolute atomic E-state index is 0.0324. The number of imidazole rings is 1. The molecule has 33 heavy (non-hydrogen) atoms. The molecule has 1 aliphatic heterocycles. The summed E-state index contributed by atoms with van der Waals surface area (Å²) in [6.45, 7) is 6.93. The van der Waals surface area contributed by atoms with Gasteiger partial charge in [-0.1, -0.05) is 31.5 Å². The number of nitrogens with one attached hydrogen (secondary N) is 1. The first-order chi connectivity index (χ1) is 15.8. The number of aromatic nitrogens is 4. The third-order valence-corrected chi connectivity index (χ3v) is 7.02. The van der Waals surface area contributed by atoms with Crippen molar-refractivity contribution in [3.05, 3.63) is 59.3 Å². The molecule has 0 radical (unpaired) electrons. The maximum Gasteiger partial charge on any atom is 0.325 e. The molecule has 0 spiro atoms. The van der Waals surface area contributed by atoms with Crippen molar-refractivity contribution in [3.8, 4) is 5.69 Å². The Morgan fingerprint density at radius 2 is 2.00 bits per heavy atom. The number of hydrogen-bond acceptors (Lipinski definition) is 5. The van der Waals surface area contributed by atoms with Gasteiger partial charge in [-0.25, -0.2) is 14.8 Å². The number of likely N-dealkylation sites (N-methyl/N-ethyl adjacent to an activating group) is 1. The summed E-state index contributed by atoms with van der Waals surface area (Å²) in [7, 11) is 1.83. The lowest BCUT2D eigenvalue weighted by Gasteiger charge is -2.25. The number of amides is 2. The Morgan fingerprint density at radius 1 is 1.21 bits per heavy atom. The van der Waals surface area contributed by atoms with Crippen molar-refractivity contribution >= 4 is 29.4 Å². The Bertz CT molecular complexity index is 1200. The van der Waals surface area contributed by atoms with Crippen LogP contribution in [0, 0.1) is 12.8 Å². The summed E-state index contributed by atoms with van der Waals surface area (Å²) < 4.78 is 1.98. The van der Waals surface area contributed by atoms with Crippen molar-refractivity contribution in [1.29, 1.82) is 0 Å². The van der Waals surface area contributed by atoms with Gasteiger partial charge in [0.1, 0.15) is 5.82 Å². The van der Waals surface area contributed by atoms with E-state index in [1.54, 1.807) is 28.4 Å². The Hall–Kier alpha value is -3.13. The summed E-state index contributed by atoms with van der Waals surface area (Å²) >= 11 is 6.30. The minimum Gasteiger partial charge on any atom is -0.343 e. The highest BCUT2D eigenvalue weighted by Gasteiger charge is 2.47. The van der Waals surface area contributed by atoms with E-state index in [1.807, 2.05) is 42.9 Å². The summed E-state index contributed by atoms with van der Waals surface area (Å²) in [6, 6.07) is 7.82. The molecule has 1 N–H and O–H groups in total. The zero-order valence-electron chi connectivity index (χ0n) is 19.3. The second-order valence-corrected chi connectivity index (χ2v) is 9.80. The maximum absolute atomic E-state index is 12.8. The fourth-order valence-electron chi connectivity index (χ4n) is 4.32. The Morgan fingerprint density at radius 3 is 2.70 bits per heavy atom. The molecule has 1 atom stereocenters. The van der Waals surface area contributed by atoms with E-state index in [-0.39, 0.29) is 17.6 Å². The smallest absolute Gasteiger partial charge is 0.325 e. The van der Waals surface area contributed by atoms with Gasteiger partial charge in [-0.05, 0) is 49.4 Å². The number of rotatable bonds is 6. The summed E-state index contributed by atoms with van der Waals surface area (Å²) in [5.74, 6) is 1.44. The first-order valence-electron chi connectivity index (χ1n) is 11.2. The van der Waals surface area contributed by atoms with Gasteiger partial charge < -0.3 is 14.8 Å². The first kappa shape index (κ1) is 21.7. The van der Waals surface area contributed by atoms with E-state index in [0.717, 1.165) is 34.8 Å². The van der Waals surface area contributed by atoms with Crippen LogP contribution < -0.4 is 10.2 Å². The number of carbonyl (C=O) groups excluding carboxylic acids is 1. The van der Waals surface area contributed by atoms with E-state index in [9.17, 15) is 4.79 Å². The van der Waals surface area contributed by atoms with Crippen LogP contribution in [0.25, 0.3) is 5.69 Å². The molecule has 1 saturated heterocycles. The van der Waals surface area contributed by atoms with Gasteiger partial charge in [0, 0.05) is 36.7 Å². The van der Waals surface area contributed by atoms with Crippen LogP contribution in [0.15, 0.2) is 43.0 Å². The molecule has 8 nitrogen and oxygen atoms in total. The van der Waals surface area contributed by atoms with Crippen LogP contribution in [0.2, 0.25) is 5.02 Å². The van der Waals surface area contributed by atoms with Crippen LogP contribution in [-0.2, 0) is 5.54 Å². The predicted octanol–water partition coefficient (Wildman–Crippen LogP) is 4.62. The number of hydrogen-bond donors (Lipinski definition) is 1. The molecule has 1 aromatic carbocycles. The van der Waals surface area contributed by atoms with Gasteiger partial charge in [-0.2, -0.15) is 4.98 Å². The van der Waals surface area contributed by atoms with E-state index in [1.165, 1.54) is 0 Å². The normalized spacial score (nSPS) is 19.5. The molecule has 172 valence electrons. The Balaban J connectivity index is 1.39. The lowest BCUT2D eigenvalue weighted by Crippen LogP contribution is -2.38. The van der Waals surface area contributed by atoms with Crippen LogP contribution in [0.4, 0.5) is 16.6 Å². The molecule has 1 aliphatic carbocycles. The second kappa shape index (κ2) is 8.02. The molecule has 0 bridgehead atoms. The standard InChI is InChI=1S/C24H28ClN7O/c1-15(2)19-12-30(4)23(33)32(19)21-7-10-26-22(28-21)29-24(8-9-24)20-13-31(14-27-20)17-6-5-16(3)18(25)11-17/h5-7,10-11,13-15,19H,8-9,12H2,1-4H3,(H,26,28,29)/t19-/m1/s1. The highest BCUT2D eigenvalue weighted by atomic mass is 35.5. The van der Waals surface area contributed by atoms with Gasteiger partial charge in [0.05, 0.1) is 23.6 Å². The minimum atomic E-state index is -0.304. The average molecular weight is 466 g/mol. The molecule has 1 saturated carbocycles. The number of carbonyl (C=O) groups is 1. The molecule has 2 fully saturated rings. The molecule has 5 rings (SSSR count). The number of anilines is 2. The lowest BCUT2D eigenvalue weighted by molar-refractivity contribution is 0.229. The number of benzene rings is 1. The first-order valence-corrected chi connectivity index (χ1v) is 11.6. The Kier molecular flexibility index (Phi) is 5.28. The van der Waals surface area contributed by atoms with Gasteiger partial charge >= 0.3 is 6.03 Å². The number of aryl methyl sites for hydroxylation is 1. The molecular formula is C24H28ClN7O. The molecule has 2 aliphatic rings. The van der Waals surface area contributed by atoms with E-state index >= 15 is 0 Å². The van der Waals surface area contributed by atoms with Gasteiger partial charge in [0.2, 0.25) is 5.95 Å². The van der Waals surface area contributed by atoms with E-state index in [2.05, 4.69) is 29.1 Å². The van der Waals surface area contributed by atoms with Crippen molar-refractivity contribution < 1.29 is 4.79 Å². The second-order valence-electron chi connectivity index (χ2n) is 9.39. The van der Waals surface area contributed by atoms with E-state index in [0.29, 0.717) is 24.2 Å². The lowest BCUT2D eigenvalue weighted by atomic mass is 10.0. The maximum atomic E-state index is 12.8.